The van der Waals surface area contributed by atoms with Gasteiger partial charge in [0.1, 0.15) is 6.42 Å². The summed E-state index contributed by atoms with van der Waals surface area (Å²) in [5, 5.41) is 8.28. The molecule has 2 N–H and O–H groups in total. The van der Waals surface area contributed by atoms with Gasteiger partial charge in [0.2, 0.25) is 5.56 Å². The molecule has 4 nitrogen and oxygen atoms in total. The van der Waals surface area contributed by atoms with Crippen molar-refractivity contribution in [1.29, 1.82) is 0 Å². The number of pyridine rings is 1. The summed E-state index contributed by atoms with van der Waals surface area (Å²) >= 11 is 0. The summed E-state index contributed by atoms with van der Waals surface area (Å²) in [7, 11) is 0. The summed E-state index contributed by atoms with van der Waals surface area (Å²) in [5.41, 5.74) is 0.393. The van der Waals surface area contributed by atoms with Crippen LogP contribution in [0.15, 0.2) is 23.1 Å². The summed E-state index contributed by atoms with van der Waals surface area (Å²) in [6.45, 7) is 0. The van der Waals surface area contributed by atoms with Crippen molar-refractivity contribution in [3.05, 3.63) is 34.2 Å². The lowest BCUT2D eigenvalue weighted by atomic mass is 10.3. The Kier molecular flexibility index (Phi) is 2.87. The van der Waals surface area contributed by atoms with Gasteiger partial charge in [-0.05, 0) is 6.07 Å². The van der Waals surface area contributed by atoms with E-state index in [1.54, 1.807) is 0 Å². The first kappa shape index (κ1) is 9.07. The lowest BCUT2D eigenvalue weighted by Crippen LogP contribution is -2.01. The molecule has 0 saturated heterocycles. The van der Waals surface area contributed by atoms with E-state index in [2.05, 4.69) is 16.8 Å². The van der Waals surface area contributed by atoms with Crippen molar-refractivity contribution in [2.75, 3.05) is 0 Å². The van der Waals surface area contributed by atoms with E-state index in [4.69, 9.17) is 5.11 Å². The second-order valence-electron chi connectivity index (χ2n) is 2.31. The third kappa shape index (κ3) is 3.25. The second-order valence-corrected chi connectivity index (χ2v) is 2.31. The Morgan fingerprint density at radius 1 is 1.54 bits per heavy atom. The number of aromatic nitrogens is 1. The number of aromatic amines is 1. The molecule has 0 unspecified atom stereocenters. The molecule has 13 heavy (non-hydrogen) atoms. The fourth-order valence-electron chi connectivity index (χ4n) is 0.710. The average Bonchev–Trinajstić information content (AvgIpc) is 2.08. The molecule has 66 valence electrons. The van der Waals surface area contributed by atoms with Crippen LogP contribution in [0.1, 0.15) is 12.0 Å². The molecule has 0 aliphatic carbocycles. The Morgan fingerprint density at radius 3 is 2.85 bits per heavy atom. The molecule has 0 radical (unpaired) electrons. The van der Waals surface area contributed by atoms with Gasteiger partial charge < -0.3 is 10.1 Å². The highest BCUT2D eigenvalue weighted by atomic mass is 16.4. The fraction of sp³-hybridized carbons (Fsp3) is 0.111. The number of carboxylic acids is 1. The second kappa shape index (κ2) is 4.12. The first-order chi connectivity index (χ1) is 6.18. The minimum Gasteiger partial charge on any atom is -0.481 e. The van der Waals surface area contributed by atoms with Crippen LogP contribution in [-0.2, 0) is 4.79 Å². The predicted molar refractivity (Wildman–Crippen MR) is 46.2 cm³/mol. The van der Waals surface area contributed by atoms with E-state index in [1.165, 1.54) is 18.3 Å². The molecule has 0 bridgehead atoms. The van der Waals surface area contributed by atoms with Gasteiger partial charge in [0.05, 0.1) is 0 Å². The highest BCUT2D eigenvalue weighted by molar-refractivity contribution is 5.70. The van der Waals surface area contributed by atoms with E-state index in [0.29, 0.717) is 5.56 Å². The molecule has 0 saturated carbocycles. The fourth-order valence-corrected chi connectivity index (χ4v) is 0.710. The Hall–Kier alpha value is -2.02. The van der Waals surface area contributed by atoms with Crippen molar-refractivity contribution in [2.45, 2.75) is 6.42 Å². The van der Waals surface area contributed by atoms with Crippen LogP contribution in [0.4, 0.5) is 0 Å². The molecule has 0 spiro atoms. The van der Waals surface area contributed by atoms with Gasteiger partial charge >= 0.3 is 5.97 Å². The molecule has 0 amide bonds. The summed E-state index contributed by atoms with van der Waals surface area (Å²) in [6.07, 6.45) is 1.25. The maximum absolute atomic E-state index is 10.6. The normalized spacial score (nSPS) is 8.62. The van der Waals surface area contributed by atoms with Crippen molar-refractivity contribution >= 4 is 5.97 Å². The van der Waals surface area contributed by atoms with Crippen molar-refractivity contribution in [3.8, 4) is 11.8 Å². The molecular formula is C9H7NO3. The lowest BCUT2D eigenvalue weighted by molar-refractivity contribution is -0.135. The maximum atomic E-state index is 10.6. The number of nitrogens with one attached hydrogen (secondary N) is 1. The molecule has 1 aromatic rings. The van der Waals surface area contributed by atoms with Crippen LogP contribution in [0, 0.1) is 11.8 Å². The molecule has 0 fully saturated rings. The quantitative estimate of drug-likeness (QED) is 0.602. The Morgan fingerprint density at radius 2 is 2.31 bits per heavy atom. The van der Waals surface area contributed by atoms with Gasteiger partial charge in [0.15, 0.2) is 0 Å². The van der Waals surface area contributed by atoms with Crippen LogP contribution < -0.4 is 5.56 Å². The Balaban J connectivity index is 2.72. The van der Waals surface area contributed by atoms with Crippen molar-refractivity contribution in [3.63, 3.8) is 0 Å². The number of rotatable bonds is 1. The van der Waals surface area contributed by atoms with E-state index >= 15 is 0 Å². The van der Waals surface area contributed by atoms with E-state index < -0.39 is 5.97 Å². The minimum atomic E-state index is -0.961. The molecule has 1 heterocycles. The smallest absolute Gasteiger partial charge is 0.315 e. The summed E-state index contributed by atoms with van der Waals surface area (Å²) in [4.78, 5) is 23.1. The number of hydrogen-bond acceptors (Lipinski definition) is 2. The topological polar surface area (TPSA) is 70.2 Å². The zero-order valence-corrected chi connectivity index (χ0v) is 6.70. The third-order valence-electron chi connectivity index (χ3n) is 1.26. The van der Waals surface area contributed by atoms with Gasteiger partial charge in [-0.25, -0.2) is 0 Å². The predicted octanol–water partition coefficient (Wildman–Crippen LogP) is 0.201. The Labute approximate surface area is 74.2 Å². The van der Waals surface area contributed by atoms with Gasteiger partial charge in [-0.3, -0.25) is 9.59 Å². The van der Waals surface area contributed by atoms with Gasteiger partial charge in [0.25, 0.3) is 0 Å². The molecule has 0 aliphatic rings. The highest BCUT2D eigenvalue weighted by Crippen LogP contribution is 1.88. The SMILES string of the molecule is O=C(O)CC#Cc1ccc(=O)[nH]c1. The standard InChI is InChI=1S/C9H7NO3/c11-8-5-4-7(6-10-8)2-1-3-9(12)13/h4-6H,3H2,(H,10,11)(H,12,13). The van der Waals surface area contributed by atoms with Gasteiger partial charge in [-0.2, -0.15) is 0 Å². The third-order valence-corrected chi connectivity index (χ3v) is 1.26. The van der Waals surface area contributed by atoms with E-state index in [0.717, 1.165) is 0 Å². The largest absolute Gasteiger partial charge is 0.481 e. The maximum Gasteiger partial charge on any atom is 0.315 e. The van der Waals surface area contributed by atoms with E-state index in [9.17, 15) is 9.59 Å². The van der Waals surface area contributed by atoms with E-state index in [1.807, 2.05) is 0 Å². The summed E-state index contributed by atoms with van der Waals surface area (Å²) < 4.78 is 0. The molecule has 0 aromatic carbocycles. The van der Waals surface area contributed by atoms with Crippen LogP contribution in [-0.4, -0.2) is 16.1 Å². The average molecular weight is 177 g/mol. The zero-order chi connectivity index (χ0) is 9.68. The first-order valence-corrected chi connectivity index (χ1v) is 3.58. The number of carboxylic acid groups (broad SMARTS) is 1. The van der Waals surface area contributed by atoms with Gasteiger partial charge in [-0.15, -0.1) is 0 Å². The minimum absolute atomic E-state index is 0.195. The number of aliphatic carboxylic acids is 1. The number of H-pyrrole nitrogens is 1. The van der Waals surface area contributed by atoms with Crippen LogP contribution in [0.2, 0.25) is 0 Å². The van der Waals surface area contributed by atoms with Gasteiger partial charge in [-0.1, -0.05) is 11.8 Å². The zero-order valence-electron chi connectivity index (χ0n) is 6.70. The Bertz CT molecular complexity index is 402. The lowest BCUT2D eigenvalue weighted by Gasteiger charge is -1.85. The number of hydrogen-bond donors (Lipinski definition) is 2. The van der Waals surface area contributed by atoms with Crippen molar-refractivity contribution < 1.29 is 9.90 Å². The summed E-state index contributed by atoms with van der Waals surface area (Å²) in [6, 6.07) is 2.87. The molecule has 1 rings (SSSR count). The van der Waals surface area contributed by atoms with E-state index in [-0.39, 0.29) is 12.0 Å². The first-order valence-electron chi connectivity index (χ1n) is 3.58. The van der Waals surface area contributed by atoms with Crippen LogP contribution in [0.25, 0.3) is 0 Å². The molecule has 4 heteroatoms. The number of carbonyl (C=O) groups is 1. The van der Waals surface area contributed by atoms with Crippen molar-refractivity contribution in [1.82, 2.24) is 4.98 Å². The van der Waals surface area contributed by atoms with Crippen LogP contribution >= 0.6 is 0 Å². The monoisotopic (exact) mass is 177 g/mol. The molecule has 0 atom stereocenters. The summed E-state index contributed by atoms with van der Waals surface area (Å²) in [5.74, 6) is 4.09. The molecule has 0 aliphatic heterocycles. The van der Waals surface area contributed by atoms with Gasteiger partial charge in [0, 0.05) is 17.8 Å². The van der Waals surface area contributed by atoms with Crippen LogP contribution in [0.5, 0.6) is 0 Å². The van der Waals surface area contributed by atoms with Crippen LogP contribution in [0.3, 0.4) is 0 Å². The highest BCUT2D eigenvalue weighted by Gasteiger charge is 1.89. The molecular weight excluding hydrogens is 170 g/mol. The van der Waals surface area contributed by atoms with Crippen molar-refractivity contribution in [2.24, 2.45) is 0 Å². The molecule has 1 aromatic heterocycles.